The Morgan fingerprint density at radius 2 is 2.25 bits per heavy atom. The summed E-state index contributed by atoms with van der Waals surface area (Å²) in [5.74, 6) is 0.459. The second kappa shape index (κ2) is 6.23. The molecule has 0 radical (unpaired) electrons. The molecule has 0 spiro atoms. The Balaban J connectivity index is 2.18. The van der Waals surface area contributed by atoms with Crippen LogP contribution >= 0.6 is 11.3 Å². The fourth-order valence-corrected chi connectivity index (χ4v) is 2.79. The maximum atomic E-state index is 11.7. The van der Waals surface area contributed by atoms with Crippen molar-refractivity contribution < 1.29 is 14.3 Å². The van der Waals surface area contributed by atoms with Crippen molar-refractivity contribution in [3.63, 3.8) is 0 Å². The van der Waals surface area contributed by atoms with Crippen LogP contribution in [0.25, 0.3) is 4.96 Å². The average Bonchev–Trinajstić information content (AvgIpc) is 2.99. The number of nitrogens with one attached hydrogen (secondary N) is 1. The first-order valence-corrected chi connectivity index (χ1v) is 7.26. The van der Waals surface area contributed by atoms with E-state index in [0.29, 0.717) is 12.4 Å². The Morgan fingerprint density at radius 3 is 2.85 bits per heavy atom. The molecule has 110 valence electrons. The molecule has 2 heterocycles. The predicted molar refractivity (Wildman–Crippen MR) is 77.1 cm³/mol. The Kier molecular flexibility index (Phi) is 4.61. The summed E-state index contributed by atoms with van der Waals surface area (Å²) in [5, 5.41) is 5.18. The van der Waals surface area contributed by atoms with Gasteiger partial charge in [0.1, 0.15) is 11.7 Å². The van der Waals surface area contributed by atoms with Crippen LogP contribution in [0.5, 0.6) is 5.88 Å². The molecule has 7 heteroatoms. The number of carbonyl (C=O) groups excluding carboxylic acids is 1. The summed E-state index contributed by atoms with van der Waals surface area (Å²) >= 11 is 1.54. The van der Waals surface area contributed by atoms with Gasteiger partial charge in [0.25, 0.3) is 0 Å². The van der Waals surface area contributed by atoms with E-state index in [9.17, 15) is 4.79 Å². The smallest absolute Gasteiger partial charge is 0.323 e. The molecule has 0 bridgehead atoms. The highest BCUT2D eigenvalue weighted by Gasteiger charge is 2.24. The molecule has 0 amide bonds. The molecule has 1 N–H and O–H groups in total. The number of hydrogen-bond acceptors (Lipinski definition) is 6. The maximum Gasteiger partial charge on any atom is 0.323 e. The van der Waals surface area contributed by atoms with Gasteiger partial charge in [-0.25, -0.2) is 0 Å². The number of fused-ring (bicyclic) bond motifs is 1. The highest BCUT2D eigenvalue weighted by Crippen LogP contribution is 2.23. The molecule has 0 aliphatic rings. The number of methoxy groups -OCH3 is 2. The van der Waals surface area contributed by atoms with Gasteiger partial charge in [0, 0.05) is 18.1 Å². The summed E-state index contributed by atoms with van der Waals surface area (Å²) in [4.78, 5) is 17.0. The molecule has 2 aromatic rings. The molecule has 0 saturated carbocycles. The average molecular weight is 297 g/mol. The summed E-state index contributed by atoms with van der Waals surface area (Å²) in [7, 11) is 2.99. The van der Waals surface area contributed by atoms with E-state index in [1.165, 1.54) is 7.11 Å². The molecule has 0 aliphatic carbocycles. The molecular formula is C13H19N3O3S. The van der Waals surface area contributed by atoms with E-state index in [-0.39, 0.29) is 17.9 Å². The van der Waals surface area contributed by atoms with Crippen LogP contribution in [0.15, 0.2) is 11.6 Å². The van der Waals surface area contributed by atoms with Crippen molar-refractivity contribution in [3.05, 3.63) is 17.3 Å². The highest BCUT2D eigenvalue weighted by molar-refractivity contribution is 7.15. The number of ether oxygens (including phenoxy) is 2. The van der Waals surface area contributed by atoms with Gasteiger partial charge in [0.15, 0.2) is 4.96 Å². The lowest BCUT2D eigenvalue weighted by Gasteiger charge is -2.19. The Morgan fingerprint density at radius 1 is 1.50 bits per heavy atom. The topological polar surface area (TPSA) is 64.9 Å². The van der Waals surface area contributed by atoms with Crippen molar-refractivity contribution in [1.29, 1.82) is 0 Å². The molecule has 20 heavy (non-hydrogen) atoms. The lowest BCUT2D eigenvalue weighted by atomic mass is 10.0. The molecule has 0 aromatic carbocycles. The third-order valence-corrected chi connectivity index (χ3v) is 3.89. The van der Waals surface area contributed by atoms with Crippen molar-refractivity contribution in [2.45, 2.75) is 26.4 Å². The second-order valence-electron chi connectivity index (χ2n) is 4.75. The van der Waals surface area contributed by atoms with Gasteiger partial charge in [0.2, 0.25) is 5.88 Å². The first-order valence-electron chi connectivity index (χ1n) is 6.38. The SMILES string of the molecule is COC(=O)[C@@H](NCc1c(OC)nc2sccn12)C(C)C. The maximum absolute atomic E-state index is 11.7. The van der Waals surface area contributed by atoms with E-state index in [4.69, 9.17) is 9.47 Å². The fraction of sp³-hybridized carbons (Fsp3) is 0.538. The van der Waals surface area contributed by atoms with Crippen LogP contribution in [0.2, 0.25) is 0 Å². The minimum absolute atomic E-state index is 0.138. The molecule has 2 aromatic heterocycles. The number of thiazole rings is 1. The first kappa shape index (κ1) is 14.8. The van der Waals surface area contributed by atoms with Crippen LogP contribution in [0.1, 0.15) is 19.5 Å². The van der Waals surface area contributed by atoms with E-state index in [1.54, 1.807) is 18.4 Å². The quantitative estimate of drug-likeness (QED) is 0.822. The molecule has 1 atom stereocenters. The second-order valence-corrected chi connectivity index (χ2v) is 5.62. The Bertz CT molecular complexity index is 591. The highest BCUT2D eigenvalue weighted by atomic mass is 32.1. The number of rotatable bonds is 6. The van der Waals surface area contributed by atoms with Crippen LogP contribution in [0, 0.1) is 5.92 Å². The zero-order valence-corrected chi connectivity index (χ0v) is 12.9. The number of nitrogens with zero attached hydrogens (tertiary/aromatic N) is 2. The normalized spacial score (nSPS) is 12.8. The van der Waals surface area contributed by atoms with Gasteiger partial charge in [-0.05, 0) is 5.92 Å². The third-order valence-electron chi connectivity index (χ3n) is 3.13. The van der Waals surface area contributed by atoms with Crippen molar-refractivity contribution >= 4 is 22.3 Å². The van der Waals surface area contributed by atoms with E-state index >= 15 is 0 Å². The molecule has 0 aliphatic heterocycles. The molecule has 0 saturated heterocycles. The van der Waals surface area contributed by atoms with E-state index in [1.807, 2.05) is 29.8 Å². The van der Waals surface area contributed by atoms with Crippen molar-refractivity contribution in [3.8, 4) is 5.88 Å². The number of imidazole rings is 1. The minimum atomic E-state index is -0.353. The molecule has 0 unspecified atom stereocenters. The van der Waals surface area contributed by atoms with Crippen LogP contribution in [-0.4, -0.2) is 35.6 Å². The van der Waals surface area contributed by atoms with Crippen LogP contribution < -0.4 is 10.1 Å². The van der Waals surface area contributed by atoms with Crippen LogP contribution in [0.4, 0.5) is 0 Å². The van der Waals surface area contributed by atoms with Gasteiger partial charge in [-0.1, -0.05) is 13.8 Å². The monoisotopic (exact) mass is 297 g/mol. The van der Waals surface area contributed by atoms with E-state index in [2.05, 4.69) is 10.3 Å². The van der Waals surface area contributed by atoms with Gasteiger partial charge in [-0.2, -0.15) is 4.98 Å². The van der Waals surface area contributed by atoms with E-state index in [0.717, 1.165) is 10.7 Å². The summed E-state index contributed by atoms with van der Waals surface area (Å²) in [6.07, 6.45) is 1.94. The zero-order chi connectivity index (χ0) is 14.7. The zero-order valence-electron chi connectivity index (χ0n) is 12.0. The van der Waals surface area contributed by atoms with Crippen molar-refractivity contribution in [1.82, 2.24) is 14.7 Å². The number of esters is 1. The third kappa shape index (κ3) is 2.78. The summed E-state index contributed by atoms with van der Waals surface area (Å²) in [6.45, 7) is 4.43. The Labute approximate surface area is 121 Å². The predicted octanol–water partition coefficient (Wildman–Crippen LogP) is 1.69. The summed E-state index contributed by atoms with van der Waals surface area (Å²) in [6, 6.07) is -0.353. The lowest BCUT2D eigenvalue weighted by Crippen LogP contribution is -2.41. The van der Waals surface area contributed by atoms with Crippen LogP contribution in [0.3, 0.4) is 0 Å². The Hall–Kier alpha value is -1.60. The van der Waals surface area contributed by atoms with Gasteiger partial charge in [-0.15, -0.1) is 11.3 Å². The van der Waals surface area contributed by atoms with E-state index < -0.39 is 0 Å². The number of carbonyl (C=O) groups is 1. The first-order chi connectivity index (χ1) is 9.58. The summed E-state index contributed by atoms with van der Waals surface area (Å²) < 4.78 is 12.1. The molecule has 0 fully saturated rings. The number of hydrogen-bond donors (Lipinski definition) is 1. The van der Waals surface area contributed by atoms with Gasteiger partial charge in [0.05, 0.1) is 14.2 Å². The number of aromatic nitrogens is 2. The standard InChI is InChI=1S/C13H19N3O3S/c1-8(2)10(12(17)19-4)14-7-9-11(18-3)15-13-16(9)5-6-20-13/h5-6,8,10,14H,7H2,1-4H3/t10-/m0/s1. The molecule has 6 nitrogen and oxygen atoms in total. The van der Waals surface area contributed by atoms with Crippen molar-refractivity contribution in [2.75, 3.05) is 14.2 Å². The van der Waals surface area contributed by atoms with Crippen LogP contribution in [-0.2, 0) is 16.1 Å². The lowest BCUT2D eigenvalue weighted by molar-refractivity contribution is -0.144. The van der Waals surface area contributed by atoms with Crippen molar-refractivity contribution in [2.24, 2.45) is 5.92 Å². The molecule has 2 rings (SSSR count). The van der Waals surface area contributed by atoms with Gasteiger partial charge < -0.3 is 9.47 Å². The fourth-order valence-electron chi connectivity index (χ4n) is 2.06. The van der Waals surface area contributed by atoms with Gasteiger partial charge >= 0.3 is 5.97 Å². The largest absolute Gasteiger partial charge is 0.480 e. The minimum Gasteiger partial charge on any atom is -0.480 e. The summed E-state index contributed by atoms with van der Waals surface area (Å²) in [5.41, 5.74) is 0.901. The van der Waals surface area contributed by atoms with Gasteiger partial charge in [-0.3, -0.25) is 14.5 Å². The molecular weight excluding hydrogens is 278 g/mol.